The minimum atomic E-state index is -1.54. The van der Waals surface area contributed by atoms with Crippen molar-refractivity contribution >= 4 is 24.3 Å². The van der Waals surface area contributed by atoms with Crippen molar-refractivity contribution in [3.63, 3.8) is 0 Å². The standard InChI is InChI=1S/C32H38N2O11/c1-39-23-11-7-19(15-25(23)41-3)5-9-21-17-22(10-6-20-8-12-24(40-2)26(16-20)42-4)34-32(33-21)44-14-13-43-31-30(38)29(37)28(36)27(18-35)45-31/h5-12,15-17,27-31,35-38H,13-14,18H2,1-4H3/b9-5+,10-6+/t27-,28-,29+,30-,31-/m1/s1. The molecule has 0 radical (unpaired) electrons. The van der Waals surface area contributed by atoms with Crippen molar-refractivity contribution < 1.29 is 53.6 Å². The molecule has 4 N–H and O–H groups in total. The van der Waals surface area contributed by atoms with Crippen molar-refractivity contribution in [1.82, 2.24) is 9.97 Å². The Morgan fingerprint density at radius 2 is 1.20 bits per heavy atom. The van der Waals surface area contributed by atoms with Crippen molar-refractivity contribution in [2.45, 2.75) is 30.7 Å². The van der Waals surface area contributed by atoms with Gasteiger partial charge in [-0.05, 0) is 53.6 Å². The van der Waals surface area contributed by atoms with E-state index in [-0.39, 0.29) is 19.2 Å². The highest BCUT2D eigenvalue weighted by molar-refractivity contribution is 5.73. The Bertz CT molecular complexity index is 1380. The van der Waals surface area contributed by atoms with Gasteiger partial charge in [0.05, 0.1) is 53.0 Å². The van der Waals surface area contributed by atoms with E-state index in [0.717, 1.165) is 11.1 Å². The topological polar surface area (TPSA) is 171 Å². The van der Waals surface area contributed by atoms with E-state index in [0.29, 0.717) is 34.4 Å². The number of aliphatic hydroxyl groups is 4. The maximum atomic E-state index is 10.2. The minimum Gasteiger partial charge on any atom is -0.493 e. The van der Waals surface area contributed by atoms with Crippen LogP contribution in [0, 0.1) is 0 Å². The van der Waals surface area contributed by atoms with Gasteiger partial charge in [0.2, 0.25) is 0 Å². The number of methoxy groups -OCH3 is 4. The Morgan fingerprint density at radius 1 is 0.667 bits per heavy atom. The van der Waals surface area contributed by atoms with Crippen LogP contribution in [0.2, 0.25) is 0 Å². The van der Waals surface area contributed by atoms with Crippen LogP contribution in [0.1, 0.15) is 22.5 Å². The van der Waals surface area contributed by atoms with Crippen molar-refractivity contribution in [2.75, 3.05) is 48.3 Å². The van der Waals surface area contributed by atoms with Crippen LogP contribution < -0.4 is 23.7 Å². The zero-order valence-electron chi connectivity index (χ0n) is 25.4. The number of benzene rings is 2. The number of nitrogens with zero attached hydrogens (tertiary/aromatic N) is 2. The normalized spacial score (nSPS) is 21.6. The molecule has 1 saturated heterocycles. The van der Waals surface area contributed by atoms with Gasteiger partial charge < -0.3 is 53.6 Å². The van der Waals surface area contributed by atoms with Gasteiger partial charge in [-0.15, -0.1) is 0 Å². The largest absolute Gasteiger partial charge is 0.493 e. The van der Waals surface area contributed by atoms with Crippen LogP contribution in [-0.2, 0) is 9.47 Å². The smallest absolute Gasteiger partial charge is 0.317 e. The molecule has 0 bridgehead atoms. The molecular weight excluding hydrogens is 588 g/mol. The highest BCUT2D eigenvalue weighted by Crippen LogP contribution is 2.30. The highest BCUT2D eigenvalue weighted by atomic mass is 16.7. The number of aromatic nitrogens is 2. The van der Waals surface area contributed by atoms with Crippen LogP contribution in [0.25, 0.3) is 24.3 Å². The summed E-state index contributed by atoms with van der Waals surface area (Å²) in [6, 6.07) is 12.9. The lowest BCUT2D eigenvalue weighted by Crippen LogP contribution is -2.59. The molecule has 2 heterocycles. The summed E-state index contributed by atoms with van der Waals surface area (Å²) in [7, 11) is 6.28. The first-order chi connectivity index (χ1) is 21.8. The Hall–Kier alpha value is -4.24. The number of ether oxygens (including phenoxy) is 7. The third kappa shape index (κ3) is 8.69. The molecule has 1 aliphatic heterocycles. The Morgan fingerprint density at radius 3 is 1.69 bits per heavy atom. The summed E-state index contributed by atoms with van der Waals surface area (Å²) in [6.45, 7) is -0.663. The van der Waals surface area contributed by atoms with Crippen LogP contribution in [0.15, 0.2) is 42.5 Å². The molecule has 45 heavy (non-hydrogen) atoms. The van der Waals surface area contributed by atoms with Gasteiger partial charge in [-0.3, -0.25) is 0 Å². The van der Waals surface area contributed by atoms with Gasteiger partial charge in [-0.1, -0.05) is 24.3 Å². The third-order valence-electron chi connectivity index (χ3n) is 6.90. The minimum absolute atomic E-state index is 0.0311. The van der Waals surface area contributed by atoms with Gasteiger partial charge in [-0.25, -0.2) is 0 Å². The Labute approximate surface area is 260 Å². The third-order valence-corrected chi connectivity index (χ3v) is 6.90. The maximum Gasteiger partial charge on any atom is 0.317 e. The molecule has 2 aromatic carbocycles. The second kappa shape index (κ2) is 16.2. The predicted molar refractivity (Wildman–Crippen MR) is 164 cm³/mol. The lowest BCUT2D eigenvalue weighted by molar-refractivity contribution is -0.301. The van der Waals surface area contributed by atoms with Crippen LogP contribution in [-0.4, -0.2) is 109 Å². The molecule has 0 unspecified atom stereocenters. The van der Waals surface area contributed by atoms with Gasteiger partial charge in [0.15, 0.2) is 29.3 Å². The predicted octanol–water partition coefficient (Wildman–Crippen LogP) is 2.05. The molecule has 1 aliphatic rings. The molecule has 0 spiro atoms. The molecule has 242 valence electrons. The first-order valence-corrected chi connectivity index (χ1v) is 14.0. The Kier molecular flexibility index (Phi) is 12.1. The second-order valence-corrected chi connectivity index (χ2v) is 9.81. The average Bonchev–Trinajstić information content (AvgIpc) is 3.07. The van der Waals surface area contributed by atoms with Crippen molar-refractivity contribution in [3.8, 4) is 29.0 Å². The maximum absolute atomic E-state index is 10.2. The molecule has 4 rings (SSSR count). The molecule has 3 aromatic rings. The molecule has 13 heteroatoms. The van der Waals surface area contributed by atoms with Gasteiger partial charge in [0, 0.05) is 0 Å². The average molecular weight is 627 g/mol. The summed E-state index contributed by atoms with van der Waals surface area (Å²) in [6.07, 6.45) is 0.428. The summed E-state index contributed by atoms with van der Waals surface area (Å²) in [5, 5.41) is 39.5. The van der Waals surface area contributed by atoms with E-state index in [4.69, 9.17) is 33.2 Å². The summed E-state index contributed by atoms with van der Waals surface area (Å²) >= 11 is 0. The van der Waals surface area contributed by atoms with Crippen LogP contribution in [0.4, 0.5) is 0 Å². The summed E-state index contributed by atoms with van der Waals surface area (Å²) in [5.41, 5.74) is 2.81. The first-order valence-electron chi connectivity index (χ1n) is 14.0. The number of hydrogen-bond donors (Lipinski definition) is 4. The zero-order valence-corrected chi connectivity index (χ0v) is 25.4. The molecule has 13 nitrogen and oxygen atoms in total. The molecule has 1 fully saturated rings. The molecule has 5 atom stereocenters. The fraction of sp³-hybridized carbons (Fsp3) is 0.375. The highest BCUT2D eigenvalue weighted by Gasteiger charge is 2.43. The summed E-state index contributed by atoms with van der Waals surface area (Å²) in [5.74, 6) is 2.40. The Balaban J connectivity index is 1.52. The van der Waals surface area contributed by atoms with Crippen LogP contribution >= 0.6 is 0 Å². The lowest BCUT2D eigenvalue weighted by atomic mass is 9.99. The van der Waals surface area contributed by atoms with Gasteiger partial charge >= 0.3 is 6.01 Å². The van der Waals surface area contributed by atoms with Crippen molar-refractivity contribution in [3.05, 3.63) is 65.0 Å². The van der Waals surface area contributed by atoms with E-state index in [1.54, 1.807) is 58.8 Å². The fourth-order valence-electron chi connectivity index (χ4n) is 4.48. The summed E-state index contributed by atoms with van der Waals surface area (Å²) in [4.78, 5) is 8.98. The first kappa shape index (κ1) is 33.6. The van der Waals surface area contributed by atoms with Crippen LogP contribution in [0.3, 0.4) is 0 Å². The SMILES string of the molecule is COc1ccc(/C=C/c2cc(/C=C/c3ccc(OC)c(OC)c3)nc(OCCO[C@@H]3O[C@H](CO)[C@@H](O)[C@H](O)[C@H]3O)n2)cc1OC. The molecular formula is C32H38N2O11. The number of rotatable bonds is 14. The molecule has 1 aromatic heterocycles. The molecule has 0 aliphatic carbocycles. The molecule has 0 saturated carbocycles. The monoisotopic (exact) mass is 626 g/mol. The van der Waals surface area contributed by atoms with E-state index < -0.39 is 37.3 Å². The number of aliphatic hydroxyl groups excluding tert-OH is 4. The van der Waals surface area contributed by atoms with Crippen LogP contribution in [0.5, 0.6) is 29.0 Å². The quantitative estimate of drug-likeness (QED) is 0.192. The second-order valence-electron chi connectivity index (χ2n) is 9.81. The van der Waals surface area contributed by atoms with Gasteiger partial charge in [0.25, 0.3) is 0 Å². The van der Waals surface area contributed by atoms with E-state index in [2.05, 4.69) is 9.97 Å². The van der Waals surface area contributed by atoms with E-state index in [9.17, 15) is 20.4 Å². The number of hydrogen-bond acceptors (Lipinski definition) is 13. The van der Waals surface area contributed by atoms with E-state index in [1.807, 2.05) is 36.4 Å². The van der Waals surface area contributed by atoms with E-state index >= 15 is 0 Å². The van der Waals surface area contributed by atoms with Crippen molar-refractivity contribution in [1.29, 1.82) is 0 Å². The van der Waals surface area contributed by atoms with Gasteiger partial charge in [0.1, 0.15) is 31.0 Å². The zero-order chi connectivity index (χ0) is 32.3. The van der Waals surface area contributed by atoms with Crippen molar-refractivity contribution in [2.24, 2.45) is 0 Å². The van der Waals surface area contributed by atoms with Gasteiger partial charge in [-0.2, -0.15) is 9.97 Å². The summed E-state index contributed by atoms with van der Waals surface area (Å²) < 4.78 is 38.1. The fourth-order valence-corrected chi connectivity index (χ4v) is 4.48. The molecule has 0 amide bonds. The lowest BCUT2D eigenvalue weighted by Gasteiger charge is -2.39. The van der Waals surface area contributed by atoms with E-state index in [1.165, 1.54) is 0 Å².